The minimum atomic E-state index is -0.341. The van der Waals surface area contributed by atoms with Crippen molar-refractivity contribution >= 4 is 0 Å². The summed E-state index contributed by atoms with van der Waals surface area (Å²) in [4.78, 5) is 0. The van der Waals surface area contributed by atoms with E-state index in [4.69, 9.17) is 9.47 Å². The van der Waals surface area contributed by atoms with E-state index in [1.54, 1.807) is 0 Å². The molecule has 2 unspecified atom stereocenters. The summed E-state index contributed by atoms with van der Waals surface area (Å²) in [5.41, 5.74) is 2.05. The SMILES string of the molecule is CCCC[N+](C)(C)C(C)(OCC(Cc1ccccc1)Oc1ccccc1C)C(C)(C)C.[Cl-]. The van der Waals surface area contributed by atoms with Crippen LogP contribution >= 0.6 is 0 Å². The summed E-state index contributed by atoms with van der Waals surface area (Å²) >= 11 is 0. The summed E-state index contributed by atoms with van der Waals surface area (Å²) in [7, 11) is 4.60. The third kappa shape index (κ3) is 7.23. The number of aryl methyl sites for hydroxylation is 1. The van der Waals surface area contributed by atoms with Gasteiger partial charge in [-0.15, -0.1) is 0 Å². The van der Waals surface area contributed by atoms with Gasteiger partial charge in [0.15, 0.2) is 0 Å². The molecule has 4 heteroatoms. The number of nitrogens with zero attached hydrogens (tertiary/aromatic N) is 1. The van der Waals surface area contributed by atoms with E-state index in [0.29, 0.717) is 6.61 Å². The van der Waals surface area contributed by atoms with Crippen LogP contribution in [0.25, 0.3) is 0 Å². The Labute approximate surface area is 203 Å². The maximum atomic E-state index is 6.85. The monoisotopic (exact) mass is 461 g/mol. The number of ether oxygens (including phenoxy) is 2. The number of quaternary nitrogens is 1. The van der Waals surface area contributed by atoms with Crippen LogP contribution in [0.4, 0.5) is 0 Å². The summed E-state index contributed by atoms with van der Waals surface area (Å²) in [6.07, 6.45) is 3.14. The lowest BCUT2D eigenvalue weighted by molar-refractivity contribution is -0.975. The lowest BCUT2D eigenvalue weighted by Crippen LogP contribution is -3.00. The number of rotatable bonds is 11. The van der Waals surface area contributed by atoms with Gasteiger partial charge in [0.2, 0.25) is 5.72 Å². The lowest BCUT2D eigenvalue weighted by Gasteiger charge is -2.53. The second-order valence-electron chi connectivity index (χ2n) is 10.5. The van der Waals surface area contributed by atoms with Crippen molar-refractivity contribution in [1.82, 2.24) is 0 Å². The molecule has 2 atom stereocenters. The van der Waals surface area contributed by atoms with Crippen molar-refractivity contribution in [3.05, 3.63) is 65.7 Å². The summed E-state index contributed by atoms with van der Waals surface area (Å²) in [5, 5.41) is 0. The van der Waals surface area contributed by atoms with Crippen molar-refractivity contribution in [2.75, 3.05) is 27.2 Å². The predicted molar refractivity (Wildman–Crippen MR) is 131 cm³/mol. The molecule has 0 amide bonds. The van der Waals surface area contributed by atoms with Crippen LogP contribution in [0.1, 0.15) is 58.6 Å². The van der Waals surface area contributed by atoms with Crippen LogP contribution < -0.4 is 17.1 Å². The molecule has 32 heavy (non-hydrogen) atoms. The molecule has 0 radical (unpaired) electrons. The summed E-state index contributed by atoms with van der Waals surface area (Å²) in [6, 6.07) is 18.8. The summed E-state index contributed by atoms with van der Waals surface area (Å²) in [6.45, 7) is 15.1. The zero-order valence-electron chi connectivity index (χ0n) is 21.5. The zero-order valence-corrected chi connectivity index (χ0v) is 22.2. The Morgan fingerprint density at radius 1 is 0.906 bits per heavy atom. The highest BCUT2D eigenvalue weighted by molar-refractivity contribution is 5.32. The molecule has 0 heterocycles. The van der Waals surface area contributed by atoms with Crippen LogP contribution in [0, 0.1) is 12.3 Å². The van der Waals surface area contributed by atoms with Gasteiger partial charge in [-0.05, 0) is 30.5 Å². The van der Waals surface area contributed by atoms with Crippen molar-refractivity contribution < 1.29 is 26.4 Å². The van der Waals surface area contributed by atoms with Crippen molar-refractivity contribution in [3.63, 3.8) is 0 Å². The van der Waals surface area contributed by atoms with Gasteiger partial charge in [-0.25, -0.2) is 0 Å². The first kappa shape index (κ1) is 28.5. The number of halogens is 1. The normalized spacial score (nSPS) is 14.9. The number of benzene rings is 2. The Balaban J connectivity index is 0.00000512. The van der Waals surface area contributed by atoms with Gasteiger partial charge in [-0.1, -0.05) is 82.6 Å². The average Bonchev–Trinajstić information content (AvgIpc) is 2.71. The van der Waals surface area contributed by atoms with Crippen LogP contribution in [-0.4, -0.2) is 43.6 Å². The molecule has 0 spiro atoms. The first-order chi connectivity index (χ1) is 14.5. The molecule has 0 saturated carbocycles. The minimum Gasteiger partial charge on any atom is -1.00 e. The van der Waals surface area contributed by atoms with Crippen molar-refractivity contribution in [2.45, 2.75) is 72.6 Å². The molecule has 0 saturated heterocycles. The molecule has 2 rings (SSSR count). The highest BCUT2D eigenvalue weighted by atomic mass is 35.5. The maximum absolute atomic E-state index is 6.85. The van der Waals surface area contributed by atoms with E-state index >= 15 is 0 Å². The third-order valence-corrected chi connectivity index (χ3v) is 6.86. The molecule has 0 aromatic heterocycles. The van der Waals surface area contributed by atoms with Gasteiger partial charge in [0, 0.05) is 18.8 Å². The molecule has 0 aliphatic carbocycles. The van der Waals surface area contributed by atoms with Crippen LogP contribution in [0.2, 0.25) is 0 Å². The number of hydrogen-bond acceptors (Lipinski definition) is 2. The fourth-order valence-electron chi connectivity index (χ4n) is 4.20. The molecule has 2 aromatic carbocycles. The quantitative estimate of drug-likeness (QED) is 0.375. The molecular weight excluding hydrogens is 418 g/mol. The van der Waals surface area contributed by atoms with E-state index in [0.717, 1.165) is 28.8 Å². The minimum absolute atomic E-state index is 0. The van der Waals surface area contributed by atoms with Crippen molar-refractivity contribution in [1.29, 1.82) is 0 Å². The Bertz CT molecular complexity index is 801. The van der Waals surface area contributed by atoms with E-state index in [2.05, 4.69) is 104 Å². The van der Waals surface area contributed by atoms with E-state index in [-0.39, 0.29) is 29.7 Å². The number of para-hydroxylation sites is 1. The topological polar surface area (TPSA) is 18.5 Å². The van der Waals surface area contributed by atoms with Gasteiger partial charge in [-0.3, -0.25) is 0 Å². The third-order valence-electron chi connectivity index (χ3n) is 6.86. The fourth-order valence-corrected chi connectivity index (χ4v) is 4.20. The zero-order chi connectivity index (χ0) is 23.1. The van der Waals surface area contributed by atoms with Crippen LogP contribution in [0.5, 0.6) is 5.75 Å². The smallest absolute Gasteiger partial charge is 0.204 e. The van der Waals surface area contributed by atoms with Gasteiger partial charge in [0.25, 0.3) is 0 Å². The lowest BCUT2D eigenvalue weighted by atomic mass is 9.81. The van der Waals surface area contributed by atoms with Crippen molar-refractivity contribution in [3.8, 4) is 5.75 Å². The summed E-state index contributed by atoms with van der Waals surface area (Å²) in [5.74, 6) is 0.934. The van der Waals surface area contributed by atoms with Crippen LogP contribution in [0.3, 0.4) is 0 Å². The van der Waals surface area contributed by atoms with Crippen LogP contribution in [0.15, 0.2) is 54.6 Å². The van der Waals surface area contributed by atoms with E-state index in [9.17, 15) is 0 Å². The highest BCUT2D eigenvalue weighted by Gasteiger charge is 2.52. The Hall–Kier alpha value is -1.55. The second-order valence-corrected chi connectivity index (χ2v) is 10.5. The number of hydrogen-bond donors (Lipinski definition) is 0. The van der Waals surface area contributed by atoms with Crippen LogP contribution in [-0.2, 0) is 11.2 Å². The standard InChI is InChI=1S/C28H44NO2.ClH/c1-9-10-20-29(7,8)28(6,27(3,4)5)30-22-25(21-24-17-12-11-13-18-24)31-26-19-15-14-16-23(26)2;/h11-19,25H,9-10,20-22H2,1-8H3;1H/q+1;/p-1. The van der Waals surface area contributed by atoms with E-state index in [1.807, 2.05) is 6.07 Å². The molecule has 0 fully saturated rings. The number of unbranched alkanes of at least 4 members (excludes halogenated alkanes) is 1. The Morgan fingerprint density at radius 3 is 2.06 bits per heavy atom. The largest absolute Gasteiger partial charge is 1.00 e. The first-order valence-corrected chi connectivity index (χ1v) is 11.7. The van der Waals surface area contributed by atoms with Gasteiger partial charge in [0.1, 0.15) is 11.9 Å². The second kappa shape index (κ2) is 12.1. The molecule has 0 aliphatic rings. The molecule has 180 valence electrons. The molecule has 0 N–H and O–H groups in total. The van der Waals surface area contributed by atoms with E-state index in [1.165, 1.54) is 18.4 Å². The predicted octanol–water partition coefficient (Wildman–Crippen LogP) is 3.64. The van der Waals surface area contributed by atoms with Gasteiger partial charge < -0.3 is 26.4 Å². The highest BCUT2D eigenvalue weighted by Crippen LogP contribution is 2.40. The average molecular weight is 462 g/mol. The molecular formula is C28H44ClNO2. The molecule has 0 aliphatic heterocycles. The first-order valence-electron chi connectivity index (χ1n) is 11.7. The van der Waals surface area contributed by atoms with Gasteiger partial charge >= 0.3 is 0 Å². The Morgan fingerprint density at radius 2 is 1.50 bits per heavy atom. The van der Waals surface area contributed by atoms with Gasteiger partial charge in [-0.2, -0.15) is 0 Å². The van der Waals surface area contributed by atoms with E-state index < -0.39 is 0 Å². The molecule has 2 aromatic rings. The van der Waals surface area contributed by atoms with Crippen molar-refractivity contribution in [2.24, 2.45) is 5.41 Å². The summed E-state index contributed by atoms with van der Waals surface area (Å²) < 4.78 is 14.2. The molecule has 0 bridgehead atoms. The maximum Gasteiger partial charge on any atom is 0.204 e. The fraction of sp³-hybridized carbons (Fsp3) is 0.571. The van der Waals surface area contributed by atoms with Gasteiger partial charge in [0.05, 0.1) is 27.2 Å². The Kier molecular flexibility index (Phi) is 10.7. The molecule has 3 nitrogen and oxygen atoms in total.